The van der Waals surface area contributed by atoms with E-state index in [-0.39, 0.29) is 16.5 Å². The van der Waals surface area contributed by atoms with E-state index in [4.69, 9.17) is 11.6 Å². The van der Waals surface area contributed by atoms with Gasteiger partial charge < -0.3 is 0 Å². The molecule has 3 aromatic rings. The number of aliphatic imine (C=N–C) groups is 1. The fourth-order valence-electron chi connectivity index (χ4n) is 3.07. The van der Waals surface area contributed by atoms with Crippen molar-refractivity contribution in [3.8, 4) is 0 Å². The fourth-order valence-corrected chi connectivity index (χ4v) is 4.29. The topological polar surface area (TPSA) is 32.7 Å². The van der Waals surface area contributed by atoms with E-state index in [2.05, 4.69) is 4.99 Å². The first-order valence-electron chi connectivity index (χ1n) is 9.45. The second kappa shape index (κ2) is 9.28. The van der Waals surface area contributed by atoms with Crippen molar-refractivity contribution in [2.75, 3.05) is 6.54 Å². The number of hydrogen-bond acceptors (Lipinski definition) is 3. The van der Waals surface area contributed by atoms with Gasteiger partial charge in [-0.1, -0.05) is 66.2 Å². The number of nitrogens with zero attached hydrogens (tertiary/aromatic N) is 2. The zero-order valence-corrected chi connectivity index (χ0v) is 17.5. The summed E-state index contributed by atoms with van der Waals surface area (Å²) in [5.74, 6) is -0.669. The molecule has 6 heteroatoms. The summed E-state index contributed by atoms with van der Waals surface area (Å²) in [5, 5.41) is 0.834. The quantitative estimate of drug-likeness (QED) is 0.438. The molecule has 0 spiro atoms. The Balaban J connectivity index is 1.67. The number of carbonyl (C=O) groups is 1. The fraction of sp³-hybridized carbons (Fsp3) is 0.0833. The molecule has 1 fully saturated rings. The molecule has 0 saturated carbocycles. The van der Waals surface area contributed by atoms with Gasteiger partial charge in [-0.15, -0.1) is 0 Å². The molecule has 1 amide bonds. The molecule has 1 aliphatic rings. The van der Waals surface area contributed by atoms with Gasteiger partial charge in [-0.05, 0) is 54.1 Å². The van der Waals surface area contributed by atoms with Crippen LogP contribution in [0.25, 0.3) is 6.08 Å². The summed E-state index contributed by atoms with van der Waals surface area (Å²) in [6.45, 7) is 0.476. The van der Waals surface area contributed by atoms with Crippen molar-refractivity contribution in [2.24, 2.45) is 4.99 Å². The lowest BCUT2D eigenvalue weighted by Gasteiger charge is -2.15. The van der Waals surface area contributed by atoms with E-state index in [1.54, 1.807) is 11.0 Å². The smallest absolute Gasteiger partial charge is 0.266 e. The number of amides is 1. The molecule has 1 aliphatic heterocycles. The maximum atomic E-state index is 14.2. The number of hydrogen-bond donors (Lipinski definition) is 0. The Morgan fingerprint density at radius 2 is 1.67 bits per heavy atom. The molecule has 3 nitrogen and oxygen atoms in total. The van der Waals surface area contributed by atoms with Crippen LogP contribution < -0.4 is 0 Å². The van der Waals surface area contributed by atoms with Crippen LogP contribution in [0, 0.1) is 5.82 Å². The van der Waals surface area contributed by atoms with E-state index in [9.17, 15) is 9.18 Å². The second-order valence-electron chi connectivity index (χ2n) is 6.67. The third-order valence-electron chi connectivity index (χ3n) is 4.61. The minimum Gasteiger partial charge on any atom is -0.286 e. The monoisotopic (exact) mass is 436 g/mol. The van der Waals surface area contributed by atoms with E-state index < -0.39 is 5.82 Å². The van der Waals surface area contributed by atoms with Gasteiger partial charge in [0.2, 0.25) is 0 Å². The molecular weight excluding hydrogens is 419 g/mol. The van der Waals surface area contributed by atoms with Crippen LogP contribution in [0.5, 0.6) is 0 Å². The third-order valence-corrected chi connectivity index (χ3v) is 5.95. The number of carbonyl (C=O) groups excluding carboxylic acids is 1. The van der Waals surface area contributed by atoms with Crippen molar-refractivity contribution in [3.63, 3.8) is 0 Å². The van der Waals surface area contributed by atoms with Gasteiger partial charge in [0, 0.05) is 12.1 Å². The Labute approximate surface area is 183 Å². The minimum atomic E-state index is -0.465. The molecule has 1 saturated heterocycles. The van der Waals surface area contributed by atoms with Crippen LogP contribution in [0.15, 0.2) is 88.8 Å². The first kappa shape index (κ1) is 20.4. The molecule has 0 N–H and O–H groups in total. The summed E-state index contributed by atoms with van der Waals surface area (Å²) in [7, 11) is 0. The molecule has 3 aromatic carbocycles. The number of benzene rings is 3. The molecule has 1 heterocycles. The highest BCUT2D eigenvalue weighted by atomic mass is 35.5. The van der Waals surface area contributed by atoms with Gasteiger partial charge in [-0.3, -0.25) is 9.69 Å². The third kappa shape index (κ3) is 4.64. The van der Waals surface area contributed by atoms with Crippen LogP contribution in [-0.4, -0.2) is 22.5 Å². The summed E-state index contributed by atoms with van der Waals surface area (Å²) in [5.41, 5.74) is 2.09. The molecule has 0 bridgehead atoms. The second-order valence-corrected chi connectivity index (χ2v) is 8.08. The Morgan fingerprint density at radius 3 is 2.37 bits per heavy atom. The number of rotatable bonds is 5. The molecule has 150 valence electrons. The van der Waals surface area contributed by atoms with Gasteiger partial charge in [0.05, 0.1) is 15.6 Å². The van der Waals surface area contributed by atoms with E-state index in [0.29, 0.717) is 23.0 Å². The average molecular weight is 437 g/mol. The molecule has 0 unspecified atom stereocenters. The van der Waals surface area contributed by atoms with Crippen molar-refractivity contribution in [2.45, 2.75) is 6.42 Å². The summed E-state index contributed by atoms with van der Waals surface area (Å²) in [4.78, 5) is 19.8. The molecule has 0 radical (unpaired) electrons. The Bertz CT molecular complexity index is 1100. The molecular formula is C24H18ClFN2OS. The maximum absolute atomic E-state index is 14.2. The molecule has 0 aliphatic carbocycles. The highest BCUT2D eigenvalue weighted by Gasteiger charge is 2.33. The lowest BCUT2D eigenvalue weighted by molar-refractivity contribution is -0.122. The largest absolute Gasteiger partial charge is 0.286 e. The zero-order chi connectivity index (χ0) is 20.9. The van der Waals surface area contributed by atoms with Crippen LogP contribution in [-0.2, 0) is 11.2 Å². The maximum Gasteiger partial charge on any atom is 0.266 e. The van der Waals surface area contributed by atoms with Crippen molar-refractivity contribution in [1.29, 1.82) is 0 Å². The number of halogens is 2. The van der Waals surface area contributed by atoms with E-state index in [1.165, 1.54) is 30.0 Å². The Morgan fingerprint density at radius 1 is 0.967 bits per heavy atom. The normalized spacial score (nSPS) is 16.6. The van der Waals surface area contributed by atoms with Crippen molar-refractivity contribution in [3.05, 3.63) is 106 Å². The van der Waals surface area contributed by atoms with Gasteiger partial charge in [0.25, 0.3) is 5.91 Å². The van der Waals surface area contributed by atoms with Crippen LogP contribution in [0.3, 0.4) is 0 Å². The van der Waals surface area contributed by atoms with Gasteiger partial charge in [0.15, 0.2) is 5.17 Å². The lowest BCUT2D eigenvalue weighted by Crippen LogP contribution is -2.31. The Hall–Kier alpha value is -2.89. The SMILES string of the molecule is O=C1/C(=C\c2c(F)cccc2Cl)SC(=Nc2ccccc2)N1CCc1ccccc1. The summed E-state index contributed by atoms with van der Waals surface area (Å²) >= 11 is 7.38. The predicted molar refractivity (Wildman–Crippen MR) is 122 cm³/mol. The van der Waals surface area contributed by atoms with Crippen molar-refractivity contribution in [1.82, 2.24) is 4.90 Å². The molecule has 0 aromatic heterocycles. The van der Waals surface area contributed by atoms with E-state index >= 15 is 0 Å². The first-order valence-corrected chi connectivity index (χ1v) is 10.6. The van der Waals surface area contributed by atoms with Crippen molar-refractivity contribution >= 4 is 46.2 Å². The number of para-hydroxylation sites is 1. The van der Waals surface area contributed by atoms with Gasteiger partial charge >= 0.3 is 0 Å². The first-order chi connectivity index (χ1) is 14.6. The average Bonchev–Trinajstić information content (AvgIpc) is 3.05. The minimum absolute atomic E-state index is 0.204. The van der Waals surface area contributed by atoms with Crippen LogP contribution >= 0.6 is 23.4 Å². The Kier molecular flexibility index (Phi) is 6.31. The number of thioether (sulfide) groups is 1. The summed E-state index contributed by atoms with van der Waals surface area (Å²) in [6.07, 6.45) is 2.20. The summed E-state index contributed by atoms with van der Waals surface area (Å²) < 4.78 is 14.2. The molecule has 30 heavy (non-hydrogen) atoms. The predicted octanol–water partition coefficient (Wildman–Crippen LogP) is 6.33. The van der Waals surface area contributed by atoms with Crippen LogP contribution in [0.1, 0.15) is 11.1 Å². The summed E-state index contributed by atoms with van der Waals surface area (Å²) in [6, 6.07) is 23.9. The highest BCUT2D eigenvalue weighted by molar-refractivity contribution is 8.18. The van der Waals surface area contributed by atoms with E-state index in [0.717, 1.165) is 11.3 Å². The number of amidine groups is 1. The van der Waals surface area contributed by atoms with Gasteiger partial charge in [0.1, 0.15) is 5.82 Å². The zero-order valence-electron chi connectivity index (χ0n) is 16.0. The lowest BCUT2D eigenvalue weighted by atomic mass is 10.1. The van der Waals surface area contributed by atoms with Crippen LogP contribution in [0.2, 0.25) is 5.02 Å². The molecule has 0 atom stereocenters. The van der Waals surface area contributed by atoms with Crippen LogP contribution in [0.4, 0.5) is 10.1 Å². The molecule has 4 rings (SSSR count). The standard InChI is InChI=1S/C24H18ClFN2OS/c25-20-12-7-13-21(26)19(20)16-22-23(29)28(15-14-17-8-3-1-4-9-17)24(30-22)27-18-10-5-2-6-11-18/h1-13,16H,14-15H2/b22-16+,27-24?. The van der Waals surface area contributed by atoms with E-state index in [1.807, 2.05) is 60.7 Å². The van der Waals surface area contributed by atoms with Gasteiger partial charge in [-0.2, -0.15) is 0 Å². The van der Waals surface area contributed by atoms with Gasteiger partial charge in [-0.25, -0.2) is 9.38 Å². The highest BCUT2D eigenvalue weighted by Crippen LogP contribution is 2.35. The van der Waals surface area contributed by atoms with Crippen molar-refractivity contribution < 1.29 is 9.18 Å².